The van der Waals surface area contributed by atoms with Crippen molar-refractivity contribution in [3.8, 4) is 0 Å². The highest BCUT2D eigenvalue weighted by Gasteiger charge is 2.21. The summed E-state index contributed by atoms with van der Waals surface area (Å²) in [5, 5.41) is 2.69. The molecule has 1 atom stereocenters. The fraction of sp³-hybridized carbons (Fsp3) is 0.474. The number of hydrogen-bond donors (Lipinski definition) is 1. The normalized spacial score (nSPS) is 11.6. The molecule has 1 aromatic rings. The number of carbonyl (C=O) groups excluding carboxylic acids is 2. The molecule has 132 valence electrons. The molecule has 1 N–H and O–H groups in total. The third kappa shape index (κ3) is 7.90. The Labute approximate surface area is 143 Å². The van der Waals surface area contributed by atoms with Crippen molar-refractivity contribution in [2.75, 3.05) is 7.11 Å². The van der Waals surface area contributed by atoms with E-state index in [1.807, 2.05) is 6.08 Å². The van der Waals surface area contributed by atoms with Crippen molar-refractivity contribution < 1.29 is 18.7 Å². The highest BCUT2D eigenvalue weighted by molar-refractivity contribution is 5.85. The van der Waals surface area contributed by atoms with Crippen molar-refractivity contribution in [3.63, 3.8) is 0 Å². The van der Waals surface area contributed by atoms with Crippen molar-refractivity contribution >= 4 is 11.9 Å². The summed E-state index contributed by atoms with van der Waals surface area (Å²) < 4.78 is 17.9. The summed E-state index contributed by atoms with van der Waals surface area (Å²) in [4.78, 5) is 23.9. The largest absolute Gasteiger partial charge is 0.467 e. The molecule has 0 spiro atoms. The van der Waals surface area contributed by atoms with E-state index in [4.69, 9.17) is 4.74 Å². The van der Waals surface area contributed by atoms with Crippen LogP contribution in [0.15, 0.2) is 36.9 Å². The molecule has 0 aliphatic carbocycles. The molecule has 4 nitrogen and oxygen atoms in total. The molecule has 0 aliphatic heterocycles. The maximum absolute atomic E-state index is 13.1. The maximum Gasteiger partial charge on any atom is 0.328 e. The van der Waals surface area contributed by atoms with E-state index in [-0.39, 0.29) is 18.1 Å². The lowest BCUT2D eigenvalue weighted by atomic mass is 10.1. The molecule has 1 rings (SSSR count). The molecule has 0 bridgehead atoms. The first-order valence-corrected chi connectivity index (χ1v) is 8.29. The Morgan fingerprint density at radius 1 is 1.29 bits per heavy atom. The van der Waals surface area contributed by atoms with E-state index in [2.05, 4.69) is 11.9 Å². The summed E-state index contributed by atoms with van der Waals surface area (Å²) in [6.45, 7) is 3.68. The number of halogens is 1. The predicted molar refractivity (Wildman–Crippen MR) is 91.9 cm³/mol. The summed E-state index contributed by atoms with van der Waals surface area (Å²) in [5.41, 5.74) is 0.570. The van der Waals surface area contributed by atoms with Gasteiger partial charge in [0.2, 0.25) is 5.91 Å². The van der Waals surface area contributed by atoms with E-state index in [0.717, 1.165) is 32.1 Å². The van der Waals surface area contributed by atoms with Crippen LogP contribution in [0.4, 0.5) is 4.39 Å². The van der Waals surface area contributed by atoms with Gasteiger partial charge in [-0.2, -0.15) is 0 Å². The van der Waals surface area contributed by atoms with E-state index >= 15 is 0 Å². The van der Waals surface area contributed by atoms with Crippen LogP contribution in [-0.2, 0) is 20.7 Å². The Morgan fingerprint density at radius 2 is 2.04 bits per heavy atom. The van der Waals surface area contributed by atoms with Crippen LogP contribution in [0, 0.1) is 5.82 Å². The maximum atomic E-state index is 13.1. The molecule has 0 fully saturated rings. The van der Waals surface area contributed by atoms with Gasteiger partial charge in [0.1, 0.15) is 11.9 Å². The van der Waals surface area contributed by atoms with Crippen LogP contribution < -0.4 is 5.32 Å². The number of nitrogens with one attached hydrogen (secondary N) is 1. The first-order valence-electron chi connectivity index (χ1n) is 8.29. The van der Waals surface area contributed by atoms with Crippen LogP contribution in [0.25, 0.3) is 0 Å². The van der Waals surface area contributed by atoms with E-state index < -0.39 is 12.0 Å². The molecule has 0 saturated carbocycles. The first-order chi connectivity index (χ1) is 11.6. The van der Waals surface area contributed by atoms with E-state index in [0.29, 0.717) is 12.0 Å². The van der Waals surface area contributed by atoms with Crippen molar-refractivity contribution in [3.05, 3.63) is 48.3 Å². The topological polar surface area (TPSA) is 55.4 Å². The van der Waals surface area contributed by atoms with Crippen LogP contribution in [0.3, 0.4) is 0 Å². The zero-order valence-corrected chi connectivity index (χ0v) is 14.2. The average Bonchev–Trinajstić information content (AvgIpc) is 2.56. The Morgan fingerprint density at radius 3 is 2.71 bits per heavy atom. The lowest BCUT2D eigenvalue weighted by Crippen LogP contribution is -2.42. The van der Waals surface area contributed by atoms with Gasteiger partial charge in [-0.05, 0) is 37.0 Å². The van der Waals surface area contributed by atoms with Gasteiger partial charge in [0.25, 0.3) is 0 Å². The third-order valence-electron chi connectivity index (χ3n) is 3.73. The van der Waals surface area contributed by atoms with Crippen LogP contribution >= 0.6 is 0 Å². The minimum absolute atomic E-state index is 0.0323. The lowest BCUT2D eigenvalue weighted by molar-refractivity contribution is -0.145. The highest BCUT2D eigenvalue weighted by atomic mass is 19.1. The van der Waals surface area contributed by atoms with Crippen LogP contribution in [0.1, 0.15) is 44.1 Å². The molecular formula is C19H26FNO3. The molecule has 0 heterocycles. The van der Waals surface area contributed by atoms with E-state index in [1.54, 1.807) is 12.1 Å². The van der Waals surface area contributed by atoms with Gasteiger partial charge in [0, 0.05) is 0 Å². The smallest absolute Gasteiger partial charge is 0.328 e. The average molecular weight is 335 g/mol. The number of benzene rings is 1. The number of allylic oxidation sites excluding steroid dienone is 1. The van der Waals surface area contributed by atoms with Gasteiger partial charge in [-0.15, -0.1) is 6.58 Å². The van der Waals surface area contributed by atoms with Gasteiger partial charge >= 0.3 is 5.97 Å². The molecule has 0 saturated heterocycles. The molecule has 1 aromatic carbocycles. The molecule has 0 aliphatic rings. The minimum atomic E-state index is -0.657. The van der Waals surface area contributed by atoms with E-state index in [9.17, 15) is 14.0 Å². The highest BCUT2D eigenvalue weighted by Crippen LogP contribution is 2.10. The van der Waals surface area contributed by atoms with Gasteiger partial charge in [-0.25, -0.2) is 9.18 Å². The number of esters is 1. The second kappa shape index (κ2) is 11.4. The Hall–Kier alpha value is -2.17. The third-order valence-corrected chi connectivity index (χ3v) is 3.73. The van der Waals surface area contributed by atoms with Crippen molar-refractivity contribution in [2.24, 2.45) is 0 Å². The second-order valence-electron chi connectivity index (χ2n) is 5.73. The fourth-order valence-corrected chi connectivity index (χ4v) is 2.46. The molecule has 5 heteroatoms. The minimum Gasteiger partial charge on any atom is -0.467 e. The zero-order valence-electron chi connectivity index (χ0n) is 14.2. The molecular weight excluding hydrogens is 309 g/mol. The molecule has 0 unspecified atom stereocenters. The van der Waals surface area contributed by atoms with E-state index in [1.165, 1.54) is 19.2 Å². The fourth-order valence-electron chi connectivity index (χ4n) is 2.46. The molecule has 1 amide bonds. The number of ether oxygens (including phenoxy) is 1. The Kier molecular flexibility index (Phi) is 9.42. The standard InChI is InChI=1S/C19H26FNO3/c1-3-4-5-6-7-8-12-17(19(23)24-2)21-18(22)14-15-10-9-11-16(20)13-15/h3,9-11,13,17H,1,4-8,12,14H2,2H3,(H,21,22)/t17-/m1/s1. The molecule has 0 radical (unpaired) electrons. The van der Waals surface area contributed by atoms with Gasteiger partial charge in [0.05, 0.1) is 13.5 Å². The Bertz CT molecular complexity index is 545. The summed E-state index contributed by atoms with van der Waals surface area (Å²) in [6.07, 6.45) is 7.42. The number of amides is 1. The van der Waals surface area contributed by atoms with Crippen molar-refractivity contribution in [2.45, 2.75) is 51.0 Å². The number of unbranched alkanes of at least 4 members (excludes halogenated alkanes) is 4. The van der Waals surface area contributed by atoms with Crippen molar-refractivity contribution in [1.29, 1.82) is 0 Å². The lowest BCUT2D eigenvalue weighted by Gasteiger charge is -2.16. The van der Waals surface area contributed by atoms with Gasteiger partial charge in [0.15, 0.2) is 0 Å². The van der Waals surface area contributed by atoms with Gasteiger partial charge < -0.3 is 10.1 Å². The SMILES string of the molecule is C=CCCCCCC[C@@H](NC(=O)Cc1cccc(F)c1)C(=O)OC. The number of hydrogen-bond acceptors (Lipinski definition) is 3. The first kappa shape index (κ1) is 19.9. The zero-order chi connectivity index (χ0) is 17.8. The predicted octanol–water partition coefficient (Wildman–Crippen LogP) is 3.55. The summed E-state index contributed by atoms with van der Waals surface area (Å²) in [7, 11) is 1.30. The van der Waals surface area contributed by atoms with Crippen LogP contribution in [-0.4, -0.2) is 25.0 Å². The second-order valence-corrected chi connectivity index (χ2v) is 5.73. The molecule has 24 heavy (non-hydrogen) atoms. The van der Waals surface area contributed by atoms with Crippen LogP contribution in [0.2, 0.25) is 0 Å². The molecule has 0 aromatic heterocycles. The van der Waals surface area contributed by atoms with Crippen molar-refractivity contribution in [1.82, 2.24) is 5.32 Å². The monoisotopic (exact) mass is 335 g/mol. The number of rotatable bonds is 11. The van der Waals surface area contributed by atoms with Gasteiger partial charge in [-0.3, -0.25) is 4.79 Å². The van der Waals surface area contributed by atoms with Gasteiger partial charge in [-0.1, -0.05) is 37.5 Å². The summed E-state index contributed by atoms with van der Waals surface area (Å²) in [6, 6.07) is 5.21. The number of methoxy groups -OCH3 is 1. The Balaban J connectivity index is 2.45. The number of carbonyl (C=O) groups is 2. The summed E-state index contributed by atoms with van der Waals surface area (Å²) in [5.74, 6) is -1.15. The van der Waals surface area contributed by atoms with Crippen LogP contribution in [0.5, 0.6) is 0 Å². The quantitative estimate of drug-likeness (QED) is 0.382. The summed E-state index contributed by atoms with van der Waals surface area (Å²) >= 11 is 0.